The van der Waals surface area contributed by atoms with Crippen molar-refractivity contribution in [3.63, 3.8) is 0 Å². The molecule has 2 aliphatic heterocycles. The third-order valence-corrected chi connectivity index (χ3v) is 7.03. The van der Waals surface area contributed by atoms with Crippen LogP contribution in [0.5, 0.6) is 0 Å². The van der Waals surface area contributed by atoms with Crippen molar-refractivity contribution in [1.82, 2.24) is 29.5 Å². The average molecular weight is 439 g/mol. The third kappa shape index (κ3) is 4.16. The summed E-state index contributed by atoms with van der Waals surface area (Å²) in [6.45, 7) is 9.68. The van der Waals surface area contributed by atoms with Crippen LogP contribution in [0.15, 0.2) is 30.7 Å². The smallest absolute Gasteiger partial charge is 0.309 e. The lowest BCUT2D eigenvalue weighted by molar-refractivity contribution is -0.136. The number of urea groups is 1. The SMILES string of the molecule is Cc1c(CN2CCC3(CC2)C(=O)N(Cc2cccnc2)C(=O)N3CCC(C)C)cnn1C. The number of pyridine rings is 1. The lowest BCUT2D eigenvalue weighted by Gasteiger charge is -2.42. The van der Waals surface area contributed by atoms with E-state index < -0.39 is 5.54 Å². The van der Waals surface area contributed by atoms with Crippen molar-refractivity contribution in [2.45, 2.75) is 58.7 Å². The number of hydrogen-bond donors (Lipinski definition) is 0. The van der Waals surface area contributed by atoms with E-state index in [-0.39, 0.29) is 18.5 Å². The Labute approximate surface area is 190 Å². The van der Waals surface area contributed by atoms with Crippen LogP contribution in [-0.2, 0) is 24.9 Å². The second-order valence-electron chi connectivity index (χ2n) is 9.56. The van der Waals surface area contributed by atoms with E-state index in [0.717, 1.165) is 31.6 Å². The largest absolute Gasteiger partial charge is 0.327 e. The van der Waals surface area contributed by atoms with Crippen LogP contribution in [0.3, 0.4) is 0 Å². The van der Waals surface area contributed by atoms with Gasteiger partial charge in [0.1, 0.15) is 5.54 Å². The number of carbonyl (C=O) groups is 2. The first kappa shape index (κ1) is 22.5. The number of amides is 3. The summed E-state index contributed by atoms with van der Waals surface area (Å²) in [6, 6.07) is 3.59. The van der Waals surface area contributed by atoms with Crippen LogP contribution in [0.1, 0.15) is 49.9 Å². The summed E-state index contributed by atoms with van der Waals surface area (Å²) < 4.78 is 1.89. The molecule has 1 spiro atoms. The monoisotopic (exact) mass is 438 g/mol. The highest BCUT2D eigenvalue weighted by Gasteiger charge is 2.57. The topological polar surface area (TPSA) is 74.6 Å². The zero-order valence-electron chi connectivity index (χ0n) is 19.6. The highest BCUT2D eigenvalue weighted by molar-refractivity contribution is 6.07. The molecular weight excluding hydrogens is 404 g/mol. The van der Waals surface area contributed by atoms with Crippen molar-refractivity contribution in [3.8, 4) is 0 Å². The number of aromatic nitrogens is 3. The second kappa shape index (κ2) is 9.02. The zero-order chi connectivity index (χ0) is 22.9. The van der Waals surface area contributed by atoms with Gasteiger partial charge in [0.2, 0.25) is 0 Å². The molecule has 0 unspecified atom stereocenters. The molecule has 2 saturated heterocycles. The fourth-order valence-corrected chi connectivity index (χ4v) is 4.80. The average Bonchev–Trinajstić information content (AvgIpc) is 3.19. The normalized spacial score (nSPS) is 19.0. The predicted molar refractivity (Wildman–Crippen MR) is 122 cm³/mol. The van der Waals surface area contributed by atoms with Gasteiger partial charge in [-0.15, -0.1) is 0 Å². The minimum absolute atomic E-state index is 0.0488. The van der Waals surface area contributed by atoms with E-state index in [2.05, 4.69) is 35.8 Å². The van der Waals surface area contributed by atoms with Gasteiger partial charge in [-0.05, 0) is 43.7 Å². The summed E-state index contributed by atoms with van der Waals surface area (Å²) in [5.41, 5.74) is 2.53. The molecule has 0 aromatic carbocycles. The molecule has 0 N–H and O–H groups in total. The summed E-state index contributed by atoms with van der Waals surface area (Å²) in [5.74, 6) is 0.420. The fraction of sp³-hybridized carbons (Fsp3) is 0.583. The first-order valence-corrected chi connectivity index (χ1v) is 11.5. The van der Waals surface area contributed by atoms with E-state index in [1.807, 2.05) is 35.0 Å². The minimum atomic E-state index is -0.728. The Hall–Kier alpha value is -2.74. The summed E-state index contributed by atoms with van der Waals surface area (Å²) in [6.07, 6.45) is 7.57. The number of aryl methyl sites for hydroxylation is 1. The molecule has 2 aliphatic rings. The molecular formula is C24H34N6O2. The Bertz CT molecular complexity index is 962. The van der Waals surface area contributed by atoms with E-state index in [4.69, 9.17) is 0 Å². The third-order valence-electron chi connectivity index (χ3n) is 7.03. The molecule has 2 aromatic heterocycles. The standard InChI is InChI=1S/C24H34N6O2/c1-18(2)7-11-30-23(32)29(16-20-6-5-10-25-14-20)22(31)24(30)8-12-28(13-9-24)17-21-15-26-27(4)19(21)3/h5-6,10,14-15,18H,7-9,11-13,16-17H2,1-4H3. The van der Waals surface area contributed by atoms with E-state index in [0.29, 0.717) is 25.3 Å². The number of carbonyl (C=O) groups excluding carboxylic acids is 2. The number of imide groups is 1. The van der Waals surface area contributed by atoms with Crippen molar-refractivity contribution in [2.24, 2.45) is 13.0 Å². The molecule has 0 aliphatic carbocycles. The molecule has 2 fully saturated rings. The quantitative estimate of drug-likeness (QED) is 0.622. The Balaban J connectivity index is 1.52. The van der Waals surface area contributed by atoms with E-state index in [1.54, 1.807) is 12.4 Å². The van der Waals surface area contributed by atoms with E-state index >= 15 is 0 Å². The number of likely N-dealkylation sites (tertiary alicyclic amines) is 1. The number of rotatable bonds is 7. The lowest BCUT2D eigenvalue weighted by Crippen LogP contribution is -2.56. The van der Waals surface area contributed by atoms with Gasteiger partial charge in [-0.25, -0.2) is 4.79 Å². The molecule has 32 heavy (non-hydrogen) atoms. The maximum Gasteiger partial charge on any atom is 0.327 e. The van der Waals surface area contributed by atoms with E-state index in [9.17, 15) is 9.59 Å². The van der Waals surface area contributed by atoms with Gasteiger partial charge in [0.05, 0.1) is 12.7 Å². The maximum atomic E-state index is 13.7. The van der Waals surface area contributed by atoms with Crippen molar-refractivity contribution in [1.29, 1.82) is 0 Å². The summed E-state index contributed by atoms with van der Waals surface area (Å²) in [4.78, 5) is 36.9. The van der Waals surface area contributed by atoms with Gasteiger partial charge < -0.3 is 4.90 Å². The van der Waals surface area contributed by atoms with Crippen molar-refractivity contribution < 1.29 is 9.59 Å². The van der Waals surface area contributed by atoms with E-state index in [1.165, 1.54) is 16.2 Å². The van der Waals surface area contributed by atoms with Gasteiger partial charge in [0, 0.05) is 56.9 Å². The fourth-order valence-electron chi connectivity index (χ4n) is 4.80. The molecule has 4 heterocycles. The summed E-state index contributed by atoms with van der Waals surface area (Å²) in [7, 11) is 1.95. The van der Waals surface area contributed by atoms with Crippen LogP contribution in [-0.4, -0.2) is 66.6 Å². The Morgan fingerprint density at radius 3 is 2.47 bits per heavy atom. The molecule has 0 saturated carbocycles. The van der Waals surface area contributed by atoms with Crippen LogP contribution in [0.4, 0.5) is 4.79 Å². The Morgan fingerprint density at radius 1 is 1.12 bits per heavy atom. The van der Waals surface area contributed by atoms with Gasteiger partial charge in [-0.3, -0.25) is 24.3 Å². The first-order chi connectivity index (χ1) is 15.3. The minimum Gasteiger partial charge on any atom is -0.309 e. The number of piperidine rings is 1. The Kier molecular flexibility index (Phi) is 6.33. The molecule has 3 amide bonds. The van der Waals surface area contributed by atoms with Crippen LogP contribution >= 0.6 is 0 Å². The van der Waals surface area contributed by atoms with Crippen molar-refractivity contribution in [3.05, 3.63) is 47.5 Å². The highest BCUT2D eigenvalue weighted by Crippen LogP contribution is 2.38. The van der Waals surface area contributed by atoms with Crippen LogP contribution in [0.25, 0.3) is 0 Å². The zero-order valence-corrected chi connectivity index (χ0v) is 19.6. The molecule has 4 rings (SSSR count). The summed E-state index contributed by atoms with van der Waals surface area (Å²) >= 11 is 0. The number of hydrogen-bond acceptors (Lipinski definition) is 5. The molecule has 8 heteroatoms. The molecule has 0 bridgehead atoms. The molecule has 0 radical (unpaired) electrons. The predicted octanol–water partition coefficient (Wildman–Crippen LogP) is 2.97. The Morgan fingerprint density at radius 2 is 1.88 bits per heavy atom. The lowest BCUT2D eigenvalue weighted by atomic mass is 9.85. The van der Waals surface area contributed by atoms with Crippen LogP contribution in [0, 0.1) is 12.8 Å². The van der Waals surface area contributed by atoms with Crippen LogP contribution in [0.2, 0.25) is 0 Å². The van der Waals surface area contributed by atoms with Crippen LogP contribution < -0.4 is 0 Å². The number of nitrogens with zero attached hydrogens (tertiary/aromatic N) is 6. The van der Waals surface area contributed by atoms with Crippen molar-refractivity contribution in [2.75, 3.05) is 19.6 Å². The summed E-state index contributed by atoms with van der Waals surface area (Å²) in [5, 5.41) is 4.35. The van der Waals surface area contributed by atoms with Gasteiger partial charge in [-0.2, -0.15) is 5.10 Å². The molecule has 8 nitrogen and oxygen atoms in total. The maximum absolute atomic E-state index is 13.7. The van der Waals surface area contributed by atoms with Gasteiger partial charge in [0.25, 0.3) is 5.91 Å². The van der Waals surface area contributed by atoms with Gasteiger partial charge in [-0.1, -0.05) is 19.9 Å². The van der Waals surface area contributed by atoms with Gasteiger partial charge in [0.15, 0.2) is 0 Å². The highest BCUT2D eigenvalue weighted by atomic mass is 16.2. The van der Waals surface area contributed by atoms with Crippen molar-refractivity contribution >= 4 is 11.9 Å². The first-order valence-electron chi connectivity index (χ1n) is 11.5. The molecule has 0 atom stereocenters. The molecule has 2 aromatic rings. The van der Waals surface area contributed by atoms with Gasteiger partial charge >= 0.3 is 6.03 Å². The molecule has 172 valence electrons. The second-order valence-corrected chi connectivity index (χ2v) is 9.56.